The van der Waals surface area contributed by atoms with E-state index in [-0.39, 0.29) is 18.8 Å². The van der Waals surface area contributed by atoms with Crippen LogP contribution in [0.3, 0.4) is 0 Å². The van der Waals surface area contributed by atoms with E-state index >= 15 is 0 Å². The summed E-state index contributed by atoms with van der Waals surface area (Å²) in [5.74, 6) is -0.137. The zero-order chi connectivity index (χ0) is 21.2. The predicted molar refractivity (Wildman–Crippen MR) is 121 cm³/mol. The van der Waals surface area contributed by atoms with E-state index in [1.807, 2.05) is 76.3 Å². The Bertz CT molecular complexity index is 654. The van der Waals surface area contributed by atoms with Crippen LogP contribution in [0.2, 0.25) is 0 Å². The van der Waals surface area contributed by atoms with Gasteiger partial charge in [-0.2, -0.15) is 0 Å². The molecule has 1 aliphatic heterocycles. The van der Waals surface area contributed by atoms with Crippen molar-refractivity contribution in [1.29, 1.82) is 0 Å². The number of allylic oxidation sites excluding steroid dienone is 6. The molecule has 0 unspecified atom stereocenters. The molecule has 146 valence electrons. The number of rotatable bonds is 3. The van der Waals surface area contributed by atoms with Crippen molar-refractivity contribution in [2.75, 3.05) is 7.05 Å². The molecule has 1 fully saturated rings. The smallest absolute Gasteiger partial charge is 0.322 e. The number of amides is 1. The van der Waals surface area contributed by atoms with Crippen molar-refractivity contribution >= 4 is 24.8 Å². The number of carbonyl (C=O) groups is 2. The molecule has 3 nitrogen and oxygen atoms in total. The van der Waals surface area contributed by atoms with Crippen LogP contribution < -0.4 is 0 Å². The normalized spacial score (nSPS) is 13.4. The standard InChI is InChI=1S/C11H10BNO2.C8H12.2C2H6/c1-13-9(10(14)12-11(13)15)7-8-5-3-2-4-6-8;1-4-5-6-7-8(2)3;2*1-2/h2-7,12H,1H3;4-7H,1H2,2-3H3;2*1-2H3/b9-7+;6-5-;;. The third kappa shape index (κ3) is 11.6. The summed E-state index contributed by atoms with van der Waals surface area (Å²) >= 11 is 0. The number of hydrogen-bond donors (Lipinski definition) is 0. The first-order chi connectivity index (χ1) is 13.0. The van der Waals surface area contributed by atoms with E-state index in [0.29, 0.717) is 5.70 Å². The second-order valence-corrected chi connectivity index (χ2v) is 5.36. The molecule has 0 saturated carbocycles. The van der Waals surface area contributed by atoms with Crippen LogP contribution in [0.25, 0.3) is 6.08 Å². The van der Waals surface area contributed by atoms with Crippen LogP contribution in [-0.2, 0) is 4.79 Å². The van der Waals surface area contributed by atoms with Crippen molar-refractivity contribution in [3.05, 3.63) is 78.0 Å². The summed E-state index contributed by atoms with van der Waals surface area (Å²) in [6.45, 7) is 15.7. The van der Waals surface area contributed by atoms with Gasteiger partial charge in [-0.3, -0.25) is 4.79 Å². The Morgan fingerprint density at radius 2 is 1.56 bits per heavy atom. The van der Waals surface area contributed by atoms with Crippen molar-refractivity contribution < 1.29 is 9.59 Å². The van der Waals surface area contributed by atoms with E-state index in [1.165, 1.54) is 10.5 Å². The Hall–Kier alpha value is -2.62. The van der Waals surface area contributed by atoms with E-state index in [0.717, 1.165) is 5.56 Å². The van der Waals surface area contributed by atoms with Gasteiger partial charge in [-0.05, 0) is 25.5 Å². The quantitative estimate of drug-likeness (QED) is 0.384. The van der Waals surface area contributed by atoms with Gasteiger partial charge in [0.05, 0.1) is 5.70 Å². The molecule has 1 heterocycles. The number of hydrogen-bond acceptors (Lipinski definition) is 2. The van der Waals surface area contributed by atoms with Crippen LogP contribution in [0, 0.1) is 0 Å². The van der Waals surface area contributed by atoms with Gasteiger partial charge in [-0.1, -0.05) is 94.5 Å². The minimum Gasteiger partial charge on any atom is -0.322 e. The van der Waals surface area contributed by atoms with E-state index in [9.17, 15) is 9.59 Å². The van der Waals surface area contributed by atoms with Crippen LogP contribution in [0.5, 0.6) is 0 Å². The van der Waals surface area contributed by atoms with Crippen molar-refractivity contribution in [2.24, 2.45) is 0 Å². The fourth-order valence-corrected chi connectivity index (χ4v) is 1.88. The van der Waals surface area contributed by atoms with Gasteiger partial charge in [-0.25, -0.2) is 0 Å². The maximum absolute atomic E-state index is 11.5. The summed E-state index contributed by atoms with van der Waals surface area (Å²) in [4.78, 5) is 24.1. The Morgan fingerprint density at radius 3 is 1.96 bits per heavy atom. The number of likely N-dealkylation sites (N-methyl/N-ethyl adjacent to an activating group) is 1. The van der Waals surface area contributed by atoms with Crippen molar-refractivity contribution in [1.82, 2.24) is 4.90 Å². The Morgan fingerprint density at radius 1 is 1.00 bits per heavy atom. The molecule has 0 aliphatic carbocycles. The molecule has 1 aromatic carbocycles. The highest BCUT2D eigenvalue weighted by molar-refractivity contribution is 7.01. The molecule has 0 atom stereocenters. The monoisotopic (exact) mass is 367 g/mol. The summed E-state index contributed by atoms with van der Waals surface area (Å²) in [6.07, 6.45) is 9.43. The highest BCUT2D eigenvalue weighted by Crippen LogP contribution is 2.15. The lowest BCUT2D eigenvalue weighted by Crippen LogP contribution is -2.18. The molecular weight excluding hydrogens is 333 g/mol. The largest absolute Gasteiger partial charge is 0.322 e. The minimum absolute atomic E-state index is 0.00479. The van der Waals surface area contributed by atoms with Crippen LogP contribution >= 0.6 is 0 Å². The van der Waals surface area contributed by atoms with Crippen molar-refractivity contribution in [2.45, 2.75) is 41.5 Å². The Kier molecular flexibility index (Phi) is 16.6. The highest BCUT2D eigenvalue weighted by atomic mass is 16.2. The molecule has 0 bridgehead atoms. The summed E-state index contributed by atoms with van der Waals surface area (Å²) in [5.41, 5.74) is 2.61. The molecule has 2 rings (SSSR count). The fraction of sp³-hybridized carbons (Fsp3) is 0.304. The van der Waals surface area contributed by atoms with Gasteiger partial charge >= 0.3 is 7.28 Å². The lowest BCUT2D eigenvalue weighted by atomic mass is 9.75. The average Bonchev–Trinajstić information content (AvgIpc) is 2.92. The van der Waals surface area contributed by atoms with Gasteiger partial charge in [0.25, 0.3) is 0 Å². The zero-order valence-corrected chi connectivity index (χ0v) is 18.0. The first-order valence-corrected chi connectivity index (χ1v) is 9.44. The van der Waals surface area contributed by atoms with E-state index < -0.39 is 0 Å². The fourth-order valence-electron chi connectivity index (χ4n) is 1.88. The second kappa shape index (κ2) is 16.8. The van der Waals surface area contributed by atoms with Crippen molar-refractivity contribution in [3.63, 3.8) is 0 Å². The lowest BCUT2D eigenvalue weighted by Gasteiger charge is -2.09. The van der Waals surface area contributed by atoms with E-state index in [2.05, 4.69) is 20.4 Å². The Balaban J connectivity index is 0. The summed E-state index contributed by atoms with van der Waals surface area (Å²) in [5, 5.41) is 0. The van der Waals surface area contributed by atoms with E-state index in [4.69, 9.17) is 0 Å². The summed E-state index contributed by atoms with van der Waals surface area (Å²) < 4.78 is 0. The van der Waals surface area contributed by atoms with Crippen LogP contribution in [0.4, 0.5) is 4.79 Å². The number of carbonyl (C=O) groups excluding carboxylic acids is 2. The SMILES string of the molecule is C=C/C=C\C=C(C)C.CC.CC.CN1C(=O)BC(=O)/C1=C\c1ccccc1. The average molecular weight is 367 g/mol. The Labute approximate surface area is 166 Å². The molecule has 1 aromatic rings. The first-order valence-electron chi connectivity index (χ1n) is 9.44. The molecular formula is C23H34BNO2. The number of benzene rings is 1. The van der Waals surface area contributed by atoms with Gasteiger partial charge in [0.15, 0.2) is 5.81 Å². The highest BCUT2D eigenvalue weighted by Gasteiger charge is 2.31. The van der Waals surface area contributed by atoms with Gasteiger partial charge in [0, 0.05) is 7.05 Å². The van der Waals surface area contributed by atoms with E-state index in [1.54, 1.807) is 19.2 Å². The summed E-state index contributed by atoms with van der Waals surface area (Å²) in [7, 11) is 1.62. The van der Waals surface area contributed by atoms with Crippen LogP contribution in [0.1, 0.15) is 47.1 Å². The third-order valence-electron chi connectivity index (χ3n) is 3.11. The molecule has 0 spiro atoms. The second-order valence-electron chi connectivity index (χ2n) is 5.36. The van der Waals surface area contributed by atoms with Crippen molar-refractivity contribution in [3.8, 4) is 0 Å². The van der Waals surface area contributed by atoms with Gasteiger partial charge < -0.3 is 9.69 Å². The minimum atomic E-state index is -0.137. The van der Waals surface area contributed by atoms with Crippen LogP contribution in [-0.4, -0.2) is 30.7 Å². The van der Waals surface area contributed by atoms with Gasteiger partial charge in [0.2, 0.25) is 0 Å². The third-order valence-corrected chi connectivity index (χ3v) is 3.11. The van der Waals surface area contributed by atoms with Crippen LogP contribution in [0.15, 0.2) is 72.5 Å². The molecule has 4 heteroatoms. The summed E-state index contributed by atoms with van der Waals surface area (Å²) in [6, 6.07) is 9.50. The molecule has 0 aromatic heterocycles. The molecule has 0 N–H and O–H groups in total. The lowest BCUT2D eigenvalue weighted by molar-refractivity contribution is -0.109. The molecule has 1 saturated heterocycles. The molecule has 0 radical (unpaired) electrons. The predicted octanol–water partition coefficient (Wildman–Crippen LogP) is 5.80. The zero-order valence-electron chi connectivity index (χ0n) is 18.0. The number of nitrogens with zero attached hydrogens (tertiary/aromatic N) is 1. The van der Waals surface area contributed by atoms with Gasteiger partial charge in [-0.15, -0.1) is 0 Å². The van der Waals surface area contributed by atoms with Gasteiger partial charge in [0.1, 0.15) is 5.68 Å². The maximum Gasteiger partial charge on any atom is 0.322 e. The topological polar surface area (TPSA) is 37.4 Å². The molecule has 27 heavy (non-hydrogen) atoms. The molecule has 1 amide bonds. The first kappa shape index (κ1) is 26.6. The maximum atomic E-state index is 11.5. The molecule has 1 aliphatic rings.